The van der Waals surface area contributed by atoms with Crippen LogP contribution >= 0.6 is 11.6 Å². The van der Waals surface area contributed by atoms with E-state index in [1.807, 2.05) is 31.2 Å². The van der Waals surface area contributed by atoms with Crippen molar-refractivity contribution < 1.29 is 9.73 Å². The first kappa shape index (κ1) is 14.2. The van der Waals surface area contributed by atoms with Crippen LogP contribution in [0.4, 0.5) is 0 Å². The molecule has 0 amide bonds. The topological polar surface area (TPSA) is 29.8 Å². The Labute approximate surface area is 119 Å². The average molecular weight is 279 g/mol. The minimum Gasteiger partial charge on any atom is -0.455 e. The highest BCUT2D eigenvalue weighted by Gasteiger charge is 2.09. The second-order valence-electron chi connectivity index (χ2n) is 4.81. The molecule has 0 unspecified atom stereocenters. The maximum absolute atomic E-state index is 6.14. The third-order valence-corrected chi connectivity index (χ3v) is 3.71. The largest absolute Gasteiger partial charge is 0.455 e. The number of rotatable bonds is 6. The number of furan rings is 1. The summed E-state index contributed by atoms with van der Waals surface area (Å²) in [6, 6.07) is 9.99. The predicted molar refractivity (Wildman–Crippen MR) is 79.3 cm³/mol. The van der Waals surface area contributed by atoms with E-state index in [0.29, 0.717) is 0 Å². The summed E-state index contributed by atoms with van der Waals surface area (Å²) in [5.74, 6) is 1.92. The zero-order valence-corrected chi connectivity index (χ0v) is 12.3. The summed E-state index contributed by atoms with van der Waals surface area (Å²) < 4.78 is 5.90. The quantitative estimate of drug-likeness (QED) is 0.801. The molecule has 0 aliphatic heterocycles. The van der Waals surface area contributed by atoms with Crippen molar-refractivity contribution in [3.05, 3.63) is 46.7 Å². The fourth-order valence-electron chi connectivity index (χ4n) is 2.10. The highest BCUT2D eigenvalue weighted by atomic mass is 35.5. The van der Waals surface area contributed by atoms with Gasteiger partial charge in [-0.15, -0.1) is 0 Å². The van der Waals surface area contributed by atoms with Crippen molar-refractivity contribution in [2.45, 2.75) is 33.2 Å². The van der Waals surface area contributed by atoms with Gasteiger partial charge in [-0.25, -0.2) is 0 Å². The van der Waals surface area contributed by atoms with Crippen molar-refractivity contribution in [3.8, 4) is 11.3 Å². The standard InChI is InChI=1S/C16H20ClNO/c1-3-4-10-18-11-13-8-9-16(19-13)14-6-5-7-15(17)12(14)2/h5-9,18H,3-4,10-11H2,1-2H3/p+1. The molecule has 1 heterocycles. The van der Waals surface area contributed by atoms with Gasteiger partial charge in [-0.2, -0.15) is 0 Å². The Morgan fingerprint density at radius 3 is 2.84 bits per heavy atom. The van der Waals surface area contributed by atoms with Crippen LogP contribution in [0, 0.1) is 6.92 Å². The summed E-state index contributed by atoms with van der Waals surface area (Å²) in [6.07, 6.45) is 2.49. The molecule has 3 heteroatoms. The van der Waals surface area contributed by atoms with E-state index < -0.39 is 0 Å². The van der Waals surface area contributed by atoms with Gasteiger partial charge < -0.3 is 9.73 Å². The van der Waals surface area contributed by atoms with Crippen LogP contribution < -0.4 is 5.32 Å². The van der Waals surface area contributed by atoms with E-state index in [-0.39, 0.29) is 0 Å². The molecule has 0 aliphatic carbocycles. The van der Waals surface area contributed by atoms with Crippen LogP contribution in [0.5, 0.6) is 0 Å². The maximum atomic E-state index is 6.14. The molecule has 0 saturated heterocycles. The summed E-state index contributed by atoms with van der Waals surface area (Å²) in [5.41, 5.74) is 2.15. The average Bonchev–Trinajstić information content (AvgIpc) is 2.87. The van der Waals surface area contributed by atoms with Crippen molar-refractivity contribution in [2.24, 2.45) is 0 Å². The summed E-state index contributed by atoms with van der Waals surface area (Å²) in [7, 11) is 0. The van der Waals surface area contributed by atoms with Crippen LogP contribution in [0.1, 0.15) is 31.1 Å². The SMILES string of the molecule is CCCC[NH2+]Cc1ccc(-c2cccc(Cl)c2C)o1. The van der Waals surface area contributed by atoms with E-state index in [1.165, 1.54) is 12.8 Å². The van der Waals surface area contributed by atoms with Crippen molar-refractivity contribution in [2.75, 3.05) is 6.54 Å². The van der Waals surface area contributed by atoms with Crippen molar-refractivity contribution in [1.82, 2.24) is 0 Å². The maximum Gasteiger partial charge on any atom is 0.158 e. The number of nitrogens with two attached hydrogens (primary N) is 1. The number of hydrogen-bond donors (Lipinski definition) is 1. The molecule has 1 aromatic carbocycles. The Bertz CT molecular complexity index is 533. The molecule has 2 nitrogen and oxygen atoms in total. The van der Waals surface area contributed by atoms with E-state index in [1.54, 1.807) is 0 Å². The summed E-state index contributed by atoms with van der Waals surface area (Å²) in [4.78, 5) is 0. The molecule has 2 aromatic rings. The van der Waals surface area contributed by atoms with E-state index in [4.69, 9.17) is 16.0 Å². The lowest BCUT2D eigenvalue weighted by molar-refractivity contribution is -0.672. The van der Waals surface area contributed by atoms with Crippen LogP contribution in [-0.4, -0.2) is 6.54 Å². The van der Waals surface area contributed by atoms with Gasteiger partial charge in [0.05, 0.1) is 6.54 Å². The molecule has 0 aliphatic rings. The first-order chi connectivity index (χ1) is 9.22. The molecule has 2 rings (SSSR count). The van der Waals surface area contributed by atoms with Gasteiger partial charge in [0.2, 0.25) is 0 Å². The monoisotopic (exact) mass is 278 g/mol. The predicted octanol–water partition coefficient (Wildman–Crippen LogP) is 3.77. The summed E-state index contributed by atoms with van der Waals surface area (Å²) >= 11 is 6.14. The molecule has 0 atom stereocenters. The third kappa shape index (κ3) is 3.62. The Hall–Kier alpha value is -1.25. The zero-order chi connectivity index (χ0) is 13.7. The molecule has 0 bridgehead atoms. The third-order valence-electron chi connectivity index (χ3n) is 3.30. The van der Waals surface area contributed by atoms with Crippen LogP contribution in [0.15, 0.2) is 34.7 Å². The molecular formula is C16H21ClNO+. The lowest BCUT2D eigenvalue weighted by Crippen LogP contribution is -2.82. The Kier molecular flexibility index (Phi) is 5.06. The highest BCUT2D eigenvalue weighted by Crippen LogP contribution is 2.29. The van der Waals surface area contributed by atoms with Crippen molar-refractivity contribution >= 4 is 11.6 Å². The van der Waals surface area contributed by atoms with Crippen LogP contribution in [-0.2, 0) is 6.54 Å². The molecular weight excluding hydrogens is 258 g/mol. The molecule has 102 valence electrons. The first-order valence-corrected chi connectivity index (χ1v) is 7.26. The second-order valence-corrected chi connectivity index (χ2v) is 5.22. The van der Waals surface area contributed by atoms with Gasteiger partial charge in [0.15, 0.2) is 5.76 Å². The molecule has 0 spiro atoms. The minimum absolute atomic E-state index is 0.782. The number of unbranched alkanes of at least 4 members (excludes halogenated alkanes) is 1. The van der Waals surface area contributed by atoms with Crippen LogP contribution in [0.25, 0.3) is 11.3 Å². The lowest BCUT2D eigenvalue weighted by atomic mass is 10.1. The van der Waals surface area contributed by atoms with Crippen molar-refractivity contribution in [1.29, 1.82) is 0 Å². The van der Waals surface area contributed by atoms with Crippen LogP contribution in [0.3, 0.4) is 0 Å². The van der Waals surface area contributed by atoms with E-state index in [0.717, 1.165) is 40.8 Å². The smallest absolute Gasteiger partial charge is 0.158 e. The highest BCUT2D eigenvalue weighted by molar-refractivity contribution is 6.31. The lowest BCUT2D eigenvalue weighted by Gasteiger charge is -2.04. The number of quaternary nitrogens is 1. The van der Waals surface area contributed by atoms with Gasteiger partial charge in [0, 0.05) is 10.6 Å². The second kappa shape index (κ2) is 6.78. The van der Waals surface area contributed by atoms with Gasteiger partial charge in [-0.1, -0.05) is 37.1 Å². The molecule has 1 aromatic heterocycles. The Morgan fingerprint density at radius 2 is 2.05 bits per heavy atom. The molecule has 0 radical (unpaired) electrons. The molecule has 0 saturated carbocycles. The Balaban J connectivity index is 2.06. The zero-order valence-electron chi connectivity index (χ0n) is 11.6. The van der Waals surface area contributed by atoms with Gasteiger partial charge in [-0.05, 0) is 37.1 Å². The summed E-state index contributed by atoms with van der Waals surface area (Å²) in [6.45, 7) is 6.29. The normalized spacial score (nSPS) is 10.9. The van der Waals surface area contributed by atoms with E-state index in [2.05, 4.69) is 18.3 Å². The van der Waals surface area contributed by atoms with Gasteiger partial charge in [-0.3, -0.25) is 0 Å². The van der Waals surface area contributed by atoms with Crippen LogP contribution in [0.2, 0.25) is 5.02 Å². The first-order valence-electron chi connectivity index (χ1n) is 6.88. The molecule has 19 heavy (non-hydrogen) atoms. The number of benzene rings is 1. The van der Waals surface area contributed by atoms with Gasteiger partial charge in [0.25, 0.3) is 0 Å². The van der Waals surface area contributed by atoms with Crippen molar-refractivity contribution in [3.63, 3.8) is 0 Å². The number of halogens is 1. The van der Waals surface area contributed by atoms with E-state index >= 15 is 0 Å². The molecule has 0 fully saturated rings. The fraction of sp³-hybridized carbons (Fsp3) is 0.375. The fourth-order valence-corrected chi connectivity index (χ4v) is 2.27. The Morgan fingerprint density at radius 1 is 1.21 bits per heavy atom. The van der Waals surface area contributed by atoms with Gasteiger partial charge in [0.1, 0.15) is 12.3 Å². The molecule has 2 N–H and O–H groups in total. The van der Waals surface area contributed by atoms with Gasteiger partial charge >= 0.3 is 0 Å². The number of hydrogen-bond acceptors (Lipinski definition) is 1. The summed E-state index contributed by atoms with van der Waals surface area (Å²) in [5, 5.41) is 3.07. The van der Waals surface area contributed by atoms with E-state index in [9.17, 15) is 0 Å². The minimum atomic E-state index is 0.782.